The lowest BCUT2D eigenvalue weighted by Crippen LogP contribution is -2.30. The number of amides is 2. The Hall–Kier alpha value is -2.73. The maximum Gasteiger partial charge on any atom is 0.253 e. The molecule has 138 valence electrons. The highest BCUT2D eigenvalue weighted by molar-refractivity contribution is 5.99. The van der Waals surface area contributed by atoms with Gasteiger partial charge < -0.3 is 10.2 Å². The molecule has 6 heteroatoms. The lowest BCUT2D eigenvalue weighted by molar-refractivity contribution is -0.117. The topological polar surface area (TPSA) is 52.7 Å². The predicted octanol–water partition coefficient (Wildman–Crippen LogP) is 2.91. The zero-order chi connectivity index (χ0) is 19.3. The number of likely N-dealkylation sites (N-methyl/N-ethyl adjacent to an activating group) is 1. The fourth-order valence-corrected chi connectivity index (χ4v) is 2.64. The summed E-state index contributed by atoms with van der Waals surface area (Å²) in [6, 6.07) is 11.5. The van der Waals surface area contributed by atoms with E-state index in [4.69, 9.17) is 0 Å². The molecule has 0 spiro atoms. The predicted molar refractivity (Wildman–Crippen MR) is 101 cm³/mol. The van der Waals surface area contributed by atoms with Crippen molar-refractivity contribution in [1.82, 2.24) is 9.80 Å². The number of carbonyl (C=O) groups is 2. The summed E-state index contributed by atoms with van der Waals surface area (Å²) in [7, 11) is 5.21. The molecule has 0 saturated carbocycles. The fraction of sp³-hybridized carbons (Fsp3) is 0.300. The first-order chi connectivity index (χ1) is 12.3. The number of nitrogens with one attached hydrogen (secondary N) is 1. The van der Waals surface area contributed by atoms with E-state index in [2.05, 4.69) is 5.32 Å². The first-order valence-corrected chi connectivity index (χ1v) is 8.32. The van der Waals surface area contributed by atoms with Crippen molar-refractivity contribution >= 4 is 17.5 Å². The van der Waals surface area contributed by atoms with Crippen molar-refractivity contribution < 1.29 is 14.0 Å². The van der Waals surface area contributed by atoms with Crippen LogP contribution in [0, 0.1) is 12.7 Å². The molecule has 1 N–H and O–H groups in total. The third kappa shape index (κ3) is 5.13. The van der Waals surface area contributed by atoms with Gasteiger partial charge in [0.2, 0.25) is 5.91 Å². The molecular weight excluding hydrogens is 333 g/mol. The lowest BCUT2D eigenvalue weighted by Gasteiger charge is -2.18. The molecule has 2 rings (SSSR count). The van der Waals surface area contributed by atoms with Crippen LogP contribution in [0.2, 0.25) is 0 Å². The molecular formula is C20H24FN3O2. The quantitative estimate of drug-likeness (QED) is 0.865. The molecule has 2 aromatic rings. The minimum absolute atomic E-state index is 0.105. The maximum absolute atomic E-state index is 12.9. The summed E-state index contributed by atoms with van der Waals surface area (Å²) < 4.78 is 12.9. The van der Waals surface area contributed by atoms with Gasteiger partial charge in [0, 0.05) is 31.9 Å². The molecule has 0 bridgehead atoms. The van der Waals surface area contributed by atoms with E-state index < -0.39 is 0 Å². The van der Waals surface area contributed by atoms with E-state index >= 15 is 0 Å². The number of hydrogen-bond donors (Lipinski definition) is 1. The Morgan fingerprint density at radius 2 is 1.69 bits per heavy atom. The summed E-state index contributed by atoms with van der Waals surface area (Å²) in [5.74, 6) is -0.559. The summed E-state index contributed by atoms with van der Waals surface area (Å²) >= 11 is 0. The van der Waals surface area contributed by atoms with E-state index in [1.165, 1.54) is 17.0 Å². The number of rotatable bonds is 6. The van der Waals surface area contributed by atoms with Gasteiger partial charge in [-0.3, -0.25) is 14.5 Å². The van der Waals surface area contributed by atoms with Gasteiger partial charge in [-0.1, -0.05) is 18.2 Å². The summed E-state index contributed by atoms with van der Waals surface area (Å²) in [6.07, 6.45) is 0. The van der Waals surface area contributed by atoms with Crippen LogP contribution in [0.1, 0.15) is 21.5 Å². The molecule has 0 aliphatic heterocycles. The molecule has 0 aromatic heterocycles. The van der Waals surface area contributed by atoms with Crippen LogP contribution in [0.4, 0.5) is 10.1 Å². The van der Waals surface area contributed by atoms with Gasteiger partial charge >= 0.3 is 0 Å². The second kappa shape index (κ2) is 8.58. The Bertz CT molecular complexity index is 788. The average molecular weight is 357 g/mol. The van der Waals surface area contributed by atoms with Gasteiger partial charge in [-0.25, -0.2) is 4.39 Å². The molecule has 0 unspecified atom stereocenters. The van der Waals surface area contributed by atoms with Gasteiger partial charge in [-0.2, -0.15) is 0 Å². The average Bonchev–Trinajstić information content (AvgIpc) is 2.58. The normalized spacial score (nSPS) is 10.7. The van der Waals surface area contributed by atoms with Crippen LogP contribution in [0.25, 0.3) is 0 Å². The number of halogens is 1. The van der Waals surface area contributed by atoms with Gasteiger partial charge in [0.15, 0.2) is 0 Å². The number of anilines is 1. The van der Waals surface area contributed by atoms with E-state index in [9.17, 15) is 14.0 Å². The van der Waals surface area contributed by atoms with Gasteiger partial charge in [-0.15, -0.1) is 0 Å². The summed E-state index contributed by atoms with van der Waals surface area (Å²) in [6.45, 7) is 2.53. The van der Waals surface area contributed by atoms with Crippen LogP contribution in [0.5, 0.6) is 0 Å². The first kappa shape index (κ1) is 19.6. The summed E-state index contributed by atoms with van der Waals surface area (Å²) in [4.78, 5) is 27.9. The Kier molecular flexibility index (Phi) is 6.46. The van der Waals surface area contributed by atoms with E-state index in [1.807, 2.05) is 18.9 Å². The number of hydrogen-bond acceptors (Lipinski definition) is 3. The summed E-state index contributed by atoms with van der Waals surface area (Å²) in [5.41, 5.74) is 2.85. The highest BCUT2D eigenvalue weighted by Gasteiger charge is 2.15. The number of carbonyl (C=O) groups excluding carboxylic acids is 2. The largest absolute Gasteiger partial charge is 0.345 e. The van der Waals surface area contributed by atoms with Crippen LogP contribution in [-0.4, -0.2) is 49.3 Å². The van der Waals surface area contributed by atoms with Crippen molar-refractivity contribution in [2.24, 2.45) is 0 Å². The van der Waals surface area contributed by atoms with Gasteiger partial charge in [0.1, 0.15) is 5.82 Å². The molecule has 0 atom stereocenters. The molecule has 0 radical (unpaired) electrons. The van der Waals surface area contributed by atoms with Crippen LogP contribution in [0.3, 0.4) is 0 Å². The van der Waals surface area contributed by atoms with Crippen molar-refractivity contribution in [3.8, 4) is 0 Å². The van der Waals surface area contributed by atoms with Gasteiger partial charge in [-0.05, 0) is 49.4 Å². The number of benzene rings is 2. The van der Waals surface area contributed by atoms with Crippen molar-refractivity contribution in [2.45, 2.75) is 13.5 Å². The van der Waals surface area contributed by atoms with Crippen LogP contribution >= 0.6 is 0 Å². The Labute approximate surface area is 153 Å². The molecule has 2 aromatic carbocycles. The fourth-order valence-electron chi connectivity index (χ4n) is 2.64. The smallest absolute Gasteiger partial charge is 0.253 e. The highest BCUT2D eigenvalue weighted by atomic mass is 19.1. The standard InChI is InChI=1S/C20H24FN3O2/c1-14-17(20(26)23(2)3)6-5-7-18(14)22-19(25)13-24(4)12-15-8-10-16(21)11-9-15/h5-11H,12-13H2,1-4H3,(H,22,25). The van der Waals surface area contributed by atoms with Crippen LogP contribution in [0.15, 0.2) is 42.5 Å². The summed E-state index contributed by atoms with van der Waals surface area (Å²) in [5, 5.41) is 2.86. The molecule has 0 saturated heterocycles. The van der Waals surface area contributed by atoms with E-state index in [-0.39, 0.29) is 24.2 Å². The van der Waals surface area contributed by atoms with E-state index in [1.54, 1.807) is 44.4 Å². The number of nitrogens with zero attached hydrogens (tertiary/aromatic N) is 2. The van der Waals surface area contributed by atoms with E-state index in [0.717, 1.165) is 11.1 Å². The Balaban J connectivity index is 2.00. The lowest BCUT2D eigenvalue weighted by atomic mass is 10.1. The SMILES string of the molecule is Cc1c(NC(=O)CN(C)Cc2ccc(F)cc2)cccc1C(=O)N(C)C. The second-order valence-electron chi connectivity index (χ2n) is 6.52. The van der Waals surface area contributed by atoms with Crippen LogP contribution < -0.4 is 5.32 Å². The molecule has 0 fully saturated rings. The van der Waals surface area contributed by atoms with Crippen LogP contribution in [-0.2, 0) is 11.3 Å². The molecule has 0 aliphatic rings. The zero-order valence-corrected chi connectivity index (χ0v) is 15.5. The van der Waals surface area contributed by atoms with Crippen molar-refractivity contribution in [3.05, 3.63) is 65.0 Å². The third-order valence-corrected chi connectivity index (χ3v) is 4.02. The molecule has 26 heavy (non-hydrogen) atoms. The monoisotopic (exact) mass is 357 g/mol. The van der Waals surface area contributed by atoms with Gasteiger partial charge in [0.05, 0.1) is 6.54 Å². The molecule has 0 aliphatic carbocycles. The third-order valence-electron chi connectivity index (χ3n) is 4.02. The van der Waals surface area contributed by atoms with Crippen molar-refractivity contribution in [2.75, 3.05) is 33.0 Å². The van der Waals surface area contributed by atoms with Gasteiger partial charge in [0.25, 0.3) is 5.91 Å². The first-order valence-electron chi connectivity index (χ1n) is 8.32. The Morgan fingerprint density at radius 1 is 1.04 bits per heavy atom. The zero-order valence-electron chi connectivity index (χ0n) is 15.5. The molecule has 0 heterocycles. The minimum atomic E-state index is -0.281. The second-order valence-corrected chi connectivity index (χ2v) is 6.52. The molecule has 2 amide bonds. The Morgan fingerprint density at radius 3 is 2.31 bits per heavy atom. The van der Waals surface area contributed by atoms with Crippen molar-refractivity contribution in [3.63, 3.8) is 0 Å². The molecule has 5 nitrogen and oxygen atoms in total. The minimum Gasteiger partial charge on any atom is -0.345 e. The van der Waals surface area contributed by atoms with E-state index in [0.29, 0.717) is 17.8 Å². The maximum atomic E-state index is 12.9. The highest BCUT2D eigenvalue weighted by Crippen LogP contribution is 2.20. The van der Waals surface area contributed by atoms with Crippen molar-refractivity contribution in [1.29, 1.82) is 0 Å².